The lowest BCUT2D eigenvalue weighted by Crippen LogP contribution is -2.41. The van der Waals surface area contributed by atoms with Crippen molar-refractivity contribution in [2.45, 2.75) is 64.5 Å². The summed E-state index contributed by atoms with van der Waals surface area (Å²) in [4.78, 5) is 17.5. The summed E-state index contributed by atoms with van der Waals surface area (Å²) in [7, 11) is 0. The third kappa shape index (κ3) is 4.59. The molecular weight excluding hydrogens is 408 g/mol. The predicted octanol–water partition coefficient (Wildman–Crippen LogP) is 5.71. The fourth-order valence-corrected chi connectivity index (χ4v) is 5.92. The van der Waals surface area contributed by atoms with Crippen LogP contribution in [0.2, 0.25) is 0 Å². The minimum absolute atomic E-state index is 0.0875. The quantitative estimate of drug-likeness (QED) is 0.595. The number of piperidine rings is 1. The molecule has 2 heterocycles. The van der Waals surface area contributed by atoms with Gasteiger partial charge < -0.3 is 10.0 Å². The average Bonchev–Trinajstić information content (AvgIpc) is 3.61. The van der Waals surface area contributed by atoms with Crippen molar-refractivity contribution in [3.05, 3.63) is 70.8 Å². The Kier molecular flexibility index (Phi) is 6.29. The molecule has 33 heavy (non-hydrogen) atoms. The zero-order chi connectivity index (χ0) is 22.9. The summed E-state index contributed by atoms with van der Waals surface area (Å²) in [5.74, 6) is 1.32. The number of phenols is 1. The SMILES string of the molecule is CCN(CC)C(=O)c1ccc(C(=C2CC3CCC(C2)N3CC2CC2)c2cccc(O)c2)cc1. The second-order valence-electron chi connectivity index (χ2n) is 10.0. The monoisotopic (exact) mass is 444 g/mol. The molecule has 2 aromatic carbocycles. The number of carbonyl (C=O) groups excluding carboxylic acids is 1. The first-order valence-corrected chi connectivity index (χ1v) is 12.7. The molecule has 1 N–H and O–H groups in total. The summed E-state index contributed by atoms with van der Waals surface area (Å²) in [6.07, 6.45) is 7.62. The van der Waals surface area contributed by atoms with Gasteiger partial charge >= 0.3 is 0 Å². The van der Waals surface area contributed by atoms with Gasteiger partial charge in [-0.15, -0.1) is 0 Å². The van der Waals surface area contributed by atoms with Crippen molar-refractivity contribution in [3.63, 3.8) is 0 Å². The van der Waals surface area contributed by atoms with Crippen LogP contribution in [-0.4, -0.2) is 52.5 Å². The van der Waals surface area contributed by atoms with E-state index in [9.17, 15) is 9.90 Å². The van der Waals surface area contributed by atoms with E-state index in [1.807, 2.05) is 43.0 Å². The lowest BCUT2D eigenvalue weighted by molar-refractivity contribution is 0.0773. The van der Waals surface area contributed by atoms with Gasteiger partial charge in [0.25, 0.3) is 5.91 Å². The Morgan fingerprint density at radius 2 is 1.55 bits per heavy atom. The number of carbonyl (C=O) groups is 1. The molecule has 2 aliphatic heterocycles. The van der Waals surface area contributed by atoms with Gasteiger partial charge in [0.05, 0.1) is 0 Å². The summed E-state index contributed by atoms with van der Waals surface area (Å²) in [6, 6.07) is 17.1. The molecule has 2 unspecified atom stereocenters. The number of fused-ring (bicyclic) bond motifs is 2. The number of amides is 1. The predicted molar refractivity (Wildman–Crippen MR) is 133 cm³/mol. The molecule has 2 aromatic rings. The maximum absolute atomic E-state index is 12.8. The minimum atomic E-state index is 0.0875. The Labute approximate surface area is 197 Å². The molecule has 1 aliphatic carbocycles. The molecule has 4 nitrogen and oxygen atoms in total. The molecule has 2 atom stereocenters. The lowest BCUT2D eigenvalue weighted by Gasteiger charge is -2.37. The Hall–Kier alpha value is -2.59. The largest absolute Gasteiger partial charge is 0.508 e. The van der Waals surface area contributed by atoms with Crippen molar-refractivity contribution in [1.29, 1.82) is 0 Å². The van der Waals surface area contributed by atoms with Gasteiger partial charge in [0, 0.05) is 37.3 Å². The summed E-state index contributed by atoms with van der Waals surface area (Å²) in [6.45, 7) is 6.76. The molecule has 4 heteroatoms. The molecule has 2 saturated heterocycles. The zero-order valence-electron chi connectivity index (χ0n) is 20.0. The van der Waals surface area contributed by atoms with E-state index in [1.165, 1.54) is 43.4 Å². The molecule has 0 radical (unpaired) electrons. The molecular formula is C29H36N2O2. The highest BCUT2D eigenvalue weighted by Gasteiger charge is 2.41. The summed E-state index contributed by atoms with van der Waals surface area (Å²) < 4.78 is 0. The van der Waals surface area contributed by atoms with Crippen molar-refractivity contribution in [2.24, 2.45) is 5.92 Å². The van der Waals surface area contributed by atoms with Crippen LogP contribution in [0.4, 0.5) is 0 Å². The van der Waals surface area contributed by atoms with Crippen LogP contribution < -0.4 is 0 Å². The first-order valence-electron chi connectivity index (χ1n) is 12.7. The van der Waals surface area contributed by atoms with Crippen molar-refractivity contribution < 1.29 is 9.90 Å². The van der Waals surface area contributed by atoms with Gasteiger partial charge in [-0.25, -0.2) is 0 Å². The van der Waals surface area contributed by atoms with Gasteiger partial charge in [-0.2, -0.15) is 0 Å². The maximum Gasteiger partial charge on any atom is 0.253 e. The maximum atomic E-state index is 12.8. The highest BCUT2D eigenvalue weighted by molar-refractivity contribution is 5.95. The smallest absolute Gasteiger partial charge is 0.253 e. The van der Waals surface area contributed by atoms with Crippen LogP contribution in [0.1, 0.15) is 73.9 Å². The number of hydrogen-bond acceptors (Lipinski definition) is 3. The molecule has 3 fully saturated rings. The Balaban J connectivity index is 1.49. The Morgan fingerprint density at radius 3 is 2.12 bits per heavy atom. The van der Waals surface area contributed by atoms with Crippen LogP contribution in [0.3, 0.4) is 0 Å². The molecule has 0 aromatic heterocycles. The normalized spacial score (nSPS) is 22.4. The highest BCUT2D eigenvalue weighted by atomic mass is 16.3. The van der Waals surface area contributed by atoms with Gasteiger partial charge in [0.1, 0.15) is 5.75 Å². The van der Waals surface area contributed by atoms with Crippen molar-refractivity contribution in [2.75, 3.05) is 19.6 Å². The van der Waals surface area contributed by atoms with Crippen LogP contribution in [0.5, 0.6) is 5.75 Å². The van der Waals surface area contributed by atoms with Gasteiger partial charge in [-0.1, -0.05) is 29.8 Å². The van der Waals surface area contributed by atoms with Crippen LogP contribution in [0.25, 0.3) is 5.57 Å². The van der Waals surface area contributed by atoms with Crippen LogP contribution in [0, 0.1) is 5.92 Å². The number of benzene rings is 2. The average molecular weight is 445 g/mol. The van der Waals surface area contributed by atoms with E-state index in [4.69, 9.17) is 0 Å². The summed E-state index contributed by atoms with van der Waals surface area (Å²) in [5, 5.41) is 10.2. The minimum Gasteiger partial charge on any atom is -0.508 e. The second kappa shape index (κ2) is 9.34. The lowest BCUT2D eigenvalue weighted by atomic mass is 9.85. The van der Waals surface area contributed by atoms with Crippen LogP contribution in [-0.2, 0) is 0 Å². The van der Waals surface area contributed by atoms with Gasteiger partial charge in [-0.3, -0.25) is 9.69 Å². The van der Waals surface area contributed by atoms with Crippen molar-refractivity contribution >= 4 is 11.5 Å². The van der Waals surface area contributed by atoms with E-state index in [2.05, 4.69) is 23.1 Å². The van der Waals surface area contributed by atoms with Gasteiger partial charge in [0.15, 0.2) is 0 Å². The summed E-state index contributed by atoms with van der Waals surface area (Å²) >= 11 is 0. The first-order chi connectivity index (χ1) is 16.1. The third-order valence-electron chi connectivity index (χ3n) is 7.86. The van der Waals surface area contributed by atoms with Gasteiger partial charge in [-0.05, 0) is 99.3 Å². The Morgan fingerprint density at radius 1 is 0.909 bits per heavy atom. The highest BCUT2D eigenvalue weighted by Crippen LogP contribution is 2.45. The zero-order valence-corrected chi connectivity index (χ0v) is 20.0. The fraction of sp³-hybridized carbons (Fsp3) is 0.483. The van der Waals surface area contributed by atoms with E-state index in [-0.39, 0.29) is 5.91 Å². The van der Waals surface area contributed by atoms with E-state index >= 15 is 0 Å². The van der Waals surface area contributed by atoms with Crippen molar-refractivity contribution in [3.8, 4) is 5.75 Å². The molecule has 3 aliphatic rings. The third-order valence-corrected chi connectivity index (χ3v) is 7.86. The number of rotatable bonds is 7. The topological polar surface area (TPSA) is 43.8 Å². The molecule has 5 rings (SSSR count). The number of hydrogen-bond donors (Lipinski definition) is 1. The fourth-order valence-electron chi connectivity index (χ4n) is 5.92. The Bertz CT molecular complexity index is 1020. The molecule has 1 saturated carbocycles. The molecule has 1 amide bonds. The molecule has 2 bridgehead atoms. The van der Waals surface area contributed by atoms with E-state index in [0.717, 1.165) is 48.5 Å². The van der Waals surface area contributed by atoms with Crippen molar-refractivity contribution in [1.82, 2.24) is 9.80 Å². The van der Waals surface area contributed by atoms with E-state index in [1.54, 1.807) is 6.07 Å². The number of phenolic OH excluding ortho intramolecular Hbond substituents is 1. The van der Waals surface area contributed by atoms with Gasteiger partial charge in [0.2, 0.25) is 0 Å². The van der Waals surface area contributed by atoms with E-state index in [0.29, 0.717) is 17.8 Å². The molecule has 174 valence electrons. The number of aromatic hydroxyl groups is 1. The van der Waals surface area contributed by atoms with Crippen LogP contribution >= 0.6 is 0 Å². The standard InChI is InChI=1S/C29H36N2O2/c1-3-30(4-2)29(33)22-12-10-21(11-13-22)28(23-6-5-7-27(32)18-23)24-16-25-14-15-26(17-24)31(25)19-20-8-9-20/h5-7,10-13,18,20,25-26,32H,3-4,8-9,14-17,19H2,1-2H3. The second-order valence-corrected chi connectivity index (χ2v) is 10.0. The molecule has 0 spiro atoms. The van der Waals surface area contributed by atoms with E-state index < -0.39 is 0 Å². The van der Waals surface area contributed by atoms with Crippen LogP contribution in [0.15, 0.2) is 54.1 Å². The summed E-state index contributed by atoms with van der Waals surface area (Å²) in [5.41, 5.74) is 5.70. The first kappa shape index (κ1) is 22.2. The number of nitrogens with zero attached hydrogens (tertiary/aromatic N) is 2.